The summed E-state index contributed by atoms with van der Waals surface area (Å²) in [6.07, 6.45) is 5.54. The number of furan rings is 1. The van der Waals surface area contributed by atoms with Crippen molar-refractivity contribution in [2.75, 3.05) is 7.05 Å². The number of fused-ring (bicyclic) bond motifs is 1. The lowest BCUT2D eigenvalue weighted by molar-refractivity contribution is -0.129. The van der Waals surface area contributed by atoms with Gasteiger partial charge >= 0.3 is 0 Å². The van der Waals surface area contributed by atoms with Crippen LogP contribution >= 0.6 is 0 Å². The maximum absolute atomic E-state index is 12.6. The van der Waals surface area contributed by atoms with E-state index >= 15 is 0 Å². The largest absolute Gasteiger partial charge is 0.464 e. The molecule has 3 rings (SSSR count). The standard InChI is InChI=1S/C21H24N2O2/c1-14(2)18-11-19-17(13-25-20(19)9-15(18)3)10-21(24)23(4)12-16-5-7-22-8-6-16/h5-9,11,13-14H,10,12H2,1-4H3. The van der Waals surface area contributed by atoms with Gasteiger partial charge in [0.15, 0.2) is 0 Å². The van der Waals surface area contributed by atoms with Crippen LogP contribution in [-0.4, -0.2) is 22.8 Å². The van der Waals surface area contributed by atoms with Gasteiger partial charge < -0.3 is 9.32 Å². The smallest absolute Gasteiger partial charge is 0.227 e. The number of amides is 1. The Morgan fingerprint density at radius 3 is 2.64 bits per heavy atom. The number of hydrogen-bond donors (Lipinski definition) is 0. The number of hydrogen-bond acceptors (Lipinski definition) is 3. The molecule has 0 fully saturated rings. The van der Waals surface area contributed by atoms with Crippen LogP contribution in [0, 0.1) is 6.92 Å². The third-order valence-electron chi connectivity index (χ3n) is 4.60. The highest BCUT2D eigenvalue weighted by Crippen LogP contribution is 2.29. The minimum atomic E-state index is 0.0752. The summed E-state index contributed by atoms with van der Waals surface area (Å²) >= 11 is 0. The van der Waals surface area contributed by atoms with Gasteiger partial charge in [0.2, 0.25) is 5.91 Å². The molecule has 2 aromatic heterocycles. The van der Waals surface area contributed by atoms with Gasteiger partial charge in [0.05, 0.1) is 12.7 Å². The molecule has 1 amide bonds. The van der Waals surface area contributed by atoms with E-state index < -0.39 is 0 Å². The van der Waals surface area contributed by atoms with Gasteiger partial charge in [-0.05, 0) is 53.8 Å². The third-order valence-corrected chi connectivity index (χ3v) is 4.60. The number of aromatic nitrogens is 1. The van der Waals surface area contributed by atoms with E-state index in [2.05, 4.69) is 37.9 Å². The van der Waals surface area contributed by atoms with Crippen LogP contribution in [-0.2, 0) is 17.8 Å². The molecule has 0 N–H and O–H groups in total. The van der Waals surface area contributed by atoms with Crippen LogP contribution in [0.2, 0.25) is 0 Å². The molecule has 2 heterocycles. The van der Waals surface area contributed by atoms with E-state index in [-0.39, 0.29) is 5.91 Å². The molecule has 0 aliphatic rings. The Balaban J connectivity index is 1.80. The van der Waals surface area contributed by atoms with Gasteiger partial charge in [0, 0.05) is 36.9 Å². The van der Waals surface area contributed by atoms with Crippen molar-refractivity contribution in [1.29, 1.82) is 0 Å². The minimum Gasteiger partial charge on any atom is -0.464 e. The Bertz CT molecular complexity index is 882. The average molecular weight is 336 g/mol. The summed E-state index contributed by atoms with van der Waals surface area (Å²) in [7, 11) is 1.83. The van der Waals surface area contributed by atoms with Crippen LogP contribution in [0.1, 0.15) is 42.0 Å². The molecule has 0 bridgehead atoms. The number of pyridine rings is 1. The van der Waals surface area contributed by atoms with Crippen LogP contribution in [0.3, 0.4) is 0 Å². The minimum absolute atomic E-state index is 0.0752. The van der Waals surface area contributed by atoms with Gasteiger partial charge in [-0.25, -0.2) is 0 Å². The lowest BCUT2D eigenvalue weighted by Crippen LogP contribution is -2.27. The highest BCUT2D eigenvalue weighted by molar-refractivity contribution is 5.88. The lowest BCUT2D eigenvalue weighted by Gasteiger charge is -2.17. The van der Waals surface area contributed by atoms with Crippen molar-refractivity contribution in [2.24, 2.45) is 0 Å². The summed E-state index contributed by atoms with van der Waals surface area (Å²) in [5, 5.41) is 1.04. The fraction of sp³-hybridized carbons (Fsp3) is 0.333. The van der Waals surface area contributed by atoms with E-state index in [9.17, 15) is 4.79 Å². The van der Waals surface area contributed by atoms with Gasteiger partial charge in [0.1, 0.15) is 5.58 Å². The van der Waals surface area contributed by atoms with Gasteiger partial charge in [-0.1, -0.05) is 13.8 Å². The quantitative estimate of drug-likeness (QED) is 0.691. The molecule has 3 aromatic rings. The second-order valence-corrected chi connectivity index (χ2v) is 6.90. The van der Waals surface area contributed by atoms with E-state index in [1.807, 2.05) is 19.2 Å². The molecule has 4 nitrogen and oxygen atoms in total. The zero-order valence-corrected chi connectivity index (χ0v) is 15.2. The first-order valence-corrected chi connectivity index (χ1v) is 8.59. The first kappa shape index (κ1) is 17.2. The van der Waals surface area contributed by atoms with Gasteiger partial charge in [-0.15, -0.1) is 0 Å². The normalized spacial score (nSPS) is 11.2. The van der Waals surface area contributed by atoms with E-state index in [0.29, 0.717) is 18.9 Å². The molecular weight excluding hydrogens is 312 g/mol. The summed E-state index contributed by atoms with van der Waals surface area (Å²) in [6, 6.07) is 8.09. The van der Waals surface area contributed by atoms with Crippen molar-refractivity contribution in [2.45, 2.75) is 39.7 Å². The molecule has 0 saturated heterocycles. The molecule has 0 spiro atoms. The van der Waals surface area contributed by atoms with Gasteiger partial charge in [-0.2, -0.15) is 0 Å². The number of likely N-dealkylation sites (N-methyl/N-ethyl adjacent to an activating group) is 1. The number of carbonyl (C=O) groups is 1. The molecule has 0 atom stereocenters. The summed E-state index contributed by atoms with van der Waals surface area (Å²) in [6.45, 7) is 7.04. The third kappa shape index (κ3) is 3.73. The van der Waals surface area contributed by atoms with E-state index in [1.165, 1.54) is 11.1 Å². The number of nitrogens with zero attached hydrogens (tertiary/aromatic N) is 2. The van der Waals surface area contributed by atoms with Crippen LogP contribution in [0.5, 0.6) is 0 Å². The van der Waals surface area contributed by atoms with Crippen molar-refractivity contribution >= 4 is 16.9 Å². The molecule has 0 radical (unpaired) electrons. The maximum Gasteiger partial charge on any atom is 0.227 e. The van der Waals surface area contributed by atoms with Crippen molar-refractivity contribution in [3.05, 3.63) is 65.2 Å². The first-order valence-electron chi connectivity index (χ1n) is 8.59. The van der Waals surface area contributed by atoms with Crippen molar-refractivity contribution in [3.63, 3.8) is 0 Å². The fourth-order valence-corrected chi connectivity index (χ4v) is 3.15. The van der Waals surface area contributed by atoms with Crippen LogP contribution in [0.25, 0.3) is 11.0 Å². The maximum atomic E-state index is 12.6. The first-order chi connectivity index (χ1) is 12.0. The number of aryl methyl sites for hydroxylation is 1. The highest BCUT2D eigenvalue weighted by atomic mass is 16.3. The summed E-state index contributed by atoms with van der Waals surface area (Å²) < 4.78 is 5.68. The molecule has 1 aromatic carbocycles. The monoisotopic (exact) mass is 336 g/mol. The number of rotatable bonds is 5. The molecule has 25 heavy (non-hydrogen) atoms. The predicted octanol–water partition coefficient (Wildman–Crippen LogP) is 4.46. The average Bonchev–Trinajstić information content (AvgIpc) is 2.96. The predicted molar refractivity (Wildman–Crippen MR) is 99.5 cm³/mol. The van der Waals surface area contributed by atoms with E-state index in [0.717, 1.165) is 22.1 Å². The Morgan fingerprint density at radius 1 is 1.24 bits per heavy atom. The van der Waals surface area contributed by atoms with Crippen LogP contribution in [0.15, 0.2) is 47.3 Å². The summed E-state index contributed by atoms with van der Waals surface area (Å²) in [5.41, 5.74) is 5.39. The van der Waals surface area contributed by atoms with Crippen LogP contribution in [0.4, 0.5) is 0 Å². The summed E-state index contributed by atoms with van der Waals surface area (Å²) in [5.74, 6) is 0.517. The molecule has 0 saturated carbocycles. The molecule has 4 heteroatoms. The molecule has 130 valence electrons. The Morgan fingerprint density at radius 2 is 1.96 bits per heavy atom. The second-order valence-electron chi connectivity index (χ2n) is 6.90. The zero-order chi connectivity index (χ0) is 18.0. The number of carbonyl (C=O) groups excluding carboxylic acids is 1. The van der Waals surface area contributed by atoms with Crippen molar-refractivity contribution < 1.29 is 9.21 Å². The fourth-order valence-electron chi connectivity index (χ4n) is 3.15. The Hall–Kier alpha value is -2.62. The SMILES string of the molecule is Cc1cc2occ(CC(=O)N(C)Cc3ccncc3)c2cc1C(C)C. The zero-order valence-electron chi connectivity index (χ0n) is 15.2. The molecule has 0 aliphatic heterocycles. The molecule has 0 unspecified atom stereocenters. The molecular formula is C21H24N2O2. The Kier molecular flexibility index (Phi) is 4.88. The molecule has 0 aliphatic carbocycles. The Labute approximate surface area is 148 Å². The van der Waals surface area contributed by atoms with Crippen molar-refractivity contribution in [1.82, 2.24) is 9.88 Å². The van der Waals surface area contributed by atoms with Gasteiger partial charge in [0.25, 0.3) is 0 Å². The highest BCUT2D eigenvalue weighted by Gasteiger charge is 2.16. The topological polar surface area (TPSA) is 46.3 Å². The number of benzene rings is 1. The van der Waals surface area contributed by atoms with Crippen LogP contribution < -0.4 is 0 Å². The van der Waals surface area contributed by atoms with E-state index in [4.69, 9.17) is 4.42 Å². The lowest BCUT2D eigenvalue weighted by atomic mass is 9.95. The van der Waals surface area contributed by atoms with Crippen molar-refractivity contribution in [3.8, 4) is 0 Å². The van der Waals surface area contributed by atoms with E-state index in [1.54, 1.807) is 23.6 Å². The van der Waals surface area contributed by atoms with Gasteiger partial charge in [-0.3, -0.25) is 9.78 Å². The summed E-state index contributed by atoms with van der Waals surface area (Å²) in [4.78, 5) is 18.4. The second kappa shape index (κ2) is 7.09.